The number of hydrogen-bond donors (Lipinski definition) is 1. The van der Waals surface area contributed by atoms with Gasteiger partial charge in [-0.05, 0) is 50.4 Å². The van der Waals surface area contributed by atoms with E-state index in [2.05, 4.69) is 21.2 Å². The van der Waals surface area contributed by atoms with Crippen LogP contribution in [0.15, 0.2) is 53.0 Å². The van der Waals surface area contributed by atoms with Gasteiger partial charge >= 0.3 is 0 Å². The van der Waals surface area contributed by atoms with Gasteiger partial charge < -0.3 is 10.1 Å². The van der Waals surface area contributed by atoms with E-state index < -0.39 is 0 Å². The number of ketones is 1. The number of ether oxygens (including phenoxy) is 1. The molecule has 2 aromatic carbocycles. The van der Waals surface area contributed by atoms with Crippen molar-refractivity contribution in [1.29, 1.82) is 0 Å². The number of carbonyl (C=O) groups excluding carboxylic acids is 2. The molecule has 0 saturated heterocycles. The average Bonchev–Trinajstić information content (AvgIpc) is 2.57. The van der Waals surface area contributed by atoms with Crippen molar-refractivity contribution in [2.45, 2.75) is 6.92 Å². The van der Waals surface area contributed by atoms with Gasteiger partial charge in [0, 0.05) is 16.6 Å². The van der Waals surface area contributed by atoms with Crippen LogP contribution < -0.4 is 10.1 Å². The van der Waals surface area contributed by atoms with E-state index in [0.29, 0.717) is 24.4 Å². The minimum Gasteiger partial charge on any atom is -0.492 e. The molecule has 2 aromatic rings. The van der Waals surface area contributed by atoms with Gasteiger partial charge in [0.2, 0.25) is 5.91 Å². The molecular weight excluding hydrogens is 384 g/mol. The van der Waals surface area contributed by atoms with E-state index in [1.54, 1.807) is 24.3 Å². The molecule has 0 atom stereocenters. The van der Waals surface area contributed by atoms with Crippen LogP contribution in [0.1, 0.15) is 17.3 Å². The fourth-order valence-corrected chi connectivity index (χ4v) is 2.53. The number of likely N-dealkylation sites (N-methyl/N-ethyl adjacent to an activating group) is 1. The number of para-hydroxylation sites is 1. The predicted octanol–water partition coefficient (Wildman–Crippen LogP) is 3.60. The molecule has 6 heteroatoms. The number of nitrogens with one attached hydrogen (secondary N) is 1. The standard InChI is InChI=1S/C19H21BrN2O3/c1-14(23)17-5-3-4-6-18(17)21-19(24)13-22(2)11-12-25-16-9-7-15(20)8-10-16/h3-10H,11-13H2,1-2H3,(H,21,24). The summed E-state index contributed by atoms with van der Waals surface area (Å²) in [5.41, 5.74) is 1.05. The van der Waals surface area contributed by atoms with Crippen LogP contribution in [0.3, 0.4) is 0 Å². The van der Waals surface area contributed by atoms with Gasteiger partial charge in [0.05, 0.1) is 12.2 Å². The van der Waals surface area contributed by atoms with Crippen LogP contribution >= 0.6 is 15.9 Å². The van der Waals surface area contributed by atoms with Crippen molar-refractivity contribution in [3.63, 3.8) is 0 Å². The number of nitrogens with zero attached hydrogens (tertiary/aromatic N) is 1. The SMILES string of the molecule is CC(=O)c1ccccc1NC(=O)CN(C)CCOc1ccc(Br)cc1. The van der Waals surface area contributed by atoms with Crippen LogP contribution in [-0.4, -0.2) is 43.3 Å². The third-order valence-electron chi connectivity index (χ3n) is 3.55. The van der Waals surface area contributed by atoms with Crippen LogP contribution in [0.2, 0.25) is 0 Å². The maximum atomic E-state index is 12.2. The van der Waals surface area contributed by atoms with Crippen LogP contribution in [0.5, 0.6) is 5.75 Å². The number of hydrogen-bond acceptors (Lipinski definition) is 4. The second kappa shape index (κ2) is 9.34. The fourth-order valence-electron chi connectivity index (χ4n) is 2.26. The molecule has 132 valence electrons. The van der Waals surface area contributed by atoms with Gasteiger partial charge in [0.15, 0.2) is 5.78 Å². The number of Topliss-reactive ketones (excluding diaryl/α,β-unsaturated/α-hetero) is 1. The van der Waals surface area contributed by atoms with E-state index in [1.807, 2.05) is 36.2 Å². The van der Waals surface area contributed by atoms with Crippen LogP contribution in [-0.2, 0) is 4.79 Å². The fraction of sp³-hybridized carbons (Fsp3) is 0.263. The zero-order valence-corrected chi connectivity index (χ0v) is 15.9. The third kappa shape index (κ3) is 6.32. The molecule has 0 saturated carbocycles. The molecule has 2 rings (SSSR count). The van der Waals surface area contributed by atoms with Gasteiger partial charge in [-0.3, -0.25) is 14.5 Å². The molecule has 0 bridgehead atoms. The Kier molecular flexibility index (Phi) is 7.16. The molecule has 0 aliphatic heterocycles. The largest absolute Gasteiger partial charge is 0.492 e. The molecule has 0 aromatic heterocycles. The summed E-state index contributed by atoms with van der Waals surface area (Å²) in [6, 6.07) is 14.6. The molecule has 1 N–H and O–H groups in total. The van der Waals surface area contributed by atoms with Crippen molar-refractivity contribution in [3.8, 4) is 5.75 Å². The lowest BCUT2D eigenvalue weighted by molar-refractivity contribution is -0.117. The topological polar surface area (TPSA) is 58.6 Å². The van der Waals surface area contributed by atoms with E-state index in [4.69, 9.17) is 4.74 Å². The quantitative estimate of drug-likeness (QED) is 0.682. The van der Waals surface area contributed by atoms with Gasteiger partial charge in [-0.2, -0.15) is 0 Å². The Morgan fingerprint density at radius 2 is 1.80 bits per heavy atom. The molecular formula is C19H21BrN2O3. The van der Waals surface area contributed by atoms with Crippen molar-refractivity contribution in [2.24, 2.45) is 0 Å². The van der Waals surface area contributed by atoms with Gasteiger partial charge in [0.25, 0.3) is 0 Å². The molecule has 0 heterocycles. The van der Waals surface area contributed by atoms with E-state index >= 15 is 0 Å². The summed E-state index contributed by atoms with van der Waals surface area (Å²) in [4.78, 5) is 25.6. The second-order valence-corrected chi connectivity index (χ2v) is 6.61. The van der Waals surface area contributed by atoms with Crippen LogP contribution in [0.25, 0.3) is 0 Å². The van der Waals surface area contributed by atoms with Crippen LogP contribution in [0, 0.1) is 0 Å². The van der Waals surface area contributed by atoms with E-state index in [0.717, 1.165) is 10.2 Å². The molecule has 0 radical (unpaired) electrons. The van der Waals surface area contributed by atoms with E-state index in [1.165, 1.54) is 6.92 Å². The Bertz CT molecular complexity index is 732. The molecule has 1 amide bonds. The molecule has 0 aliphatic carbocycles. The van der Waals surface area contributed by atoms with E-state index in [9.17, 15) is 9.59 Å². The Balaban J connectivity index is 1.78. The molecule has 0 spiro atoms. The van der Waals surface area contributed by atoms with Gasteiger partial charge in [-0.25, -0.2) is 0 Å². The minimum atomic E-state index is -0.167. The Labute approximate surface area is 156 Å². The molecule has 0 fully saturated rings. The Hall–Kier alpha value is -2.18. The first-order valence-corrected chi connectivity index (χ1v) is 8.71. The lowest BCUT2D eigenvalue weighted by Gasteiger charge is -2.17. The number of halogens is 1. The average molecular weight is 405 g/mol. The second-order valence-electron chi connectivity index (χ2n) is 5.69. The number of anilines is 1. The number of carbonyl (C=O) groups is 2. The smallest absolute Gasteiger partial charge is 0.238 e. The lowest BCUT2D eigenvalue weighted by atomic mass is 10.1. The molecule has 0 unspecified atom stereocenters. The van der Waals surface area contributed by atoms with Gasteiger partial charge in [-0.15, -0.1) is 0 Å². The Morgan fingerprint density at radius 1 is 1.12 bits per heavy atom. The van der Waals surface area contributed by atoms with Crippen LogP contribution in [0.4, 0.5) is 5.69 Å². The highest BCUT2D eigenvalue weighted by Crippen LogP contribution is 2.16. The summed E-state index contributed by atoms with van der Waals surface area (Å²) in [5.74, 6) is 0.545. The summed E-state index contributed by atoms with van der Waals surface area (Å²) in [5, 5.41) is 2.79. The highest BCUT2D eigenvalue weighted by Gasteiger charge is 2.11. The monoisotopic (exact) mass is 404 g/mol. The van der Waals surface area contributed by atoms with Crippen molar-refractivity contribution >= 4 is 33.3 Å². The summed E-state index contributed by atoms with van der Waals surface area (Å²) < 4.78 is 6.64. The normalized spacial score (nSPS) is 10.6. The highest BCUT2D eigenvalue weighted by atomic mass is 79.9. The number of benzene rings is 2. The third-order valence-corrected chi connectivity index (χ3v) is 4.08. The highest BCUT2D eigenvalue weighted by molar-refractivity contribution is 9.10. The van der Waals surface area contributed by atoms with Gasteiger partial charge in [-0.1, -0.05) is 28.1 Å². The zero-order valence-electron chi connectivity index (χ0n) is 14.3. The summed E-state index contributed by atoms with van der Waals surface area (Å²) in [7, 11) is 1.85. The maximum Gasteiger partial charge on any atom is 0.238 e. The summed E-state index contributed by atoms with van der Waals surface area (Å²) in [6.07, 6.45) is 0. The van der Waals surface area contributed by atoms with Crippen molar-refractivity contribution < 1.29 is 14.3 Å². The summed E-state index contributed by atoms with van der Waals surface area (Å²) in [6.45, 7) is 2.79. The first-order chi connectivity index (χ1) is 12.0. The number of amides is 1. The number of rotatable bonds is 8. The lowest BCUT2D eigenvalue weighted by Crippen LogP contribution is -2.33. The van der Waals surface area contributed by atoms with Crippen molar-refractivity contribution in [1.82, 2.24) is 4.90 Å². The molecule has 25 heavy (non-hydrogen) atoms. The summed E-state index contributed by atoms with van der Waals surface area (Å²) >= 11 is 3.38. The maximum absolute atomic E-state index is 12.2. The minimum absolute atomic E-state index is 0.0767. The van der Waals surface area contributed by atoms with Crippen molar-refractivity contribution in [2.75, 3.05) is 32.1 Å². The predicted molar refractivity (Wildman–Crippen MR) is 102 cm³/mol. The van der Waals surface area contributed by atoms with E-state index in [-0.39, 0.29) is 18.2 Å². The van der Waals surface area contributed by atoms with Gasteiger partial charge in [0.1, 0.15) is 12.4 Å². The molecule has 0 aliphatic rings. The molecule has 5 nitrogen and oxygen atoms in total. The Morgan fingerprint density at radius 3 is 2.48 bits per heavy atom. The van der Waals surface area contributed by atoms with Crippen molar-refractivity contribution in [3.05, 3.63) is 58.6 Å². The first-order valence-electron chi connectivity index (χ1n) is 7.92. The zero-order chi connectivity index (χ0) is 18.2. The first kappa shape index (κ1) is 19.1.